The van der Waals surface area contributed by atoms with Gasteiger partial charge in [0.25, 0.3) is 0 Å². The quantitative estimate of drug-likeness (QED) is 0.780. The maximum Gasteiger partial charge on any atom is 0.225 e. The molecule has 1 atom stereocenters. The molecule has 0 spiro atoms. The predicted octanol–water partition coefficient (Wildman–Crippen LogP) is 1.81. The van der Waals surface area contributed by atoms with Gasteiger partial charge in [-0.2, -0.15) is 0 Å². The van der Waals surface area contributed by atoms with Gasteiger partial charge in [0, 0.05) is 0 Å². The second-order valence-corrected chi connectivity index (χ2v) is 5.06. The standard InChI is InChI=1S/C14H20N2O2S/c1-4-14(2,13(15)19)16-12(17)9-10-5-7-11(18-3)8-6-10/h5-8H,4,9H2,1-3H3,(H2,15,19)(H,16,17). The van der Waals surface area contributed by atoms with Gasteiger partial charge in [0.05, 0.1) is 24.1 Å². The van der Waals surface area contributed by atoms with E-state index in [9.17, 15) is 4.79 Å². The Morgan fingerprint density at radius 2 is 2.00 bits per heavy atom. The van der Waals surface area contributed by atoms with Crippen molar-refractivity contribution in [3.8, 4) is 5.75 Å². The number of thiocarbonyl (C=S) groups is 1. The van der Waals surface area contributed by atoms with Crippen molar-refractivity contribution in [2.45, 2.75) is 32.2 Å². The summed E-state index contributed by atoms with van der Waals surface area (Å²) in [6, 6.07) is 7.38. The van der Waals surface area contributed by atoms with Crippen LogP contribution in [0.3, 0.4) is 0 Å². The summed E-state index contributed by atoms with van der Waals surface area (Å²) in [5.41, 5.74) is 5.95. The summed E-state index contributed by atoms with van der Waals surface area (Å²) in [5, 5.41) is 2.88. The molecule has 1 rings (SSSR count). The summed E-state index contributed by atoms with van der Waals surface area (Å²) in [4.78, 5) is 12.3. The minimum atomic E-state index is -0.626. The van der Waals surface area contributed by atoms with Crippen LogP contribution in [0.25, 0.3) is 0 Å². The van der Waals surface area contributed by atoms with Crippen LogP contribution < -0.4 is 15.8 Å². The first kappa shape index (κ1) is 15.4. The smallest absolute Gasteiger partial charge is 0.225 e. The molecule has 0 heterocycles. The summed E-state index contributed by atoms with van der Waals surface area (Å²) < 4.78 is 5.07. The lowest BCUT2D eigenvalue weighted by atomic mass is 9.98. The van der Waals surface area contributed by atoms with Crippen LogP contribution in [0.1, 0.15) is 25.8 Å². The zero-order valence-electron chi connectivity index (χ0n) is 11.5. The van der Waals surface area contributed by atoms with Gasteiger partial charge >= 0.3 is 0 Å². The molecule has 0 aliphatic rings. The highest BCUT2D eigenvalue weighted by atomic mass is 32.1. The Hall–Kier alpha value is -1.62. The maximum absolute atomic E-state index is 12.0. The van der Waals surface area contributed by atoms with E-state index in [1.807, 2.05) is 38.1 Å². The van der Waals surface area contributed by atoms with Gasteiger partial charge in [0.2, 0.25) is 5.91 Å². The van der Waals surface area contributed by atoms with Crippen molar-refractivity contribution in [1.29, 1.82) is 0 Å². The van der Waals surface area contributed by atoms with Crippen molar-refractivity contribution in [2.24, 2.45) is 5.73 Å². The van der Waals surface area contributed by atoms with E-state index in [-0.39, 0.29) is 5.91 Å². The number of nitrogens with two attached hydrogens (primary N) is 1. The predicted molar refractivity (Wildman–Crippen MR) is 80.3 cm³/mol. The third-order valence-corrected chi connectivity index (χ3v) is 3.64. The number of carbonyl (C=O) groups excluding carboxylic acids is 1. The van der Waals surface area contributed by atoms with Gasteiger partial charge in [0.1, 0.15) is 5.75 Å². The van der Waals surface area contributed by atoms with E-state index in [0.29, 0.717) is 17.8 Å². The van der Waals surface area contributed by atoms with Gasteiger partial charge in [-0.1, -0.05) is 31.3 Å². The number of hydrogen-bond donors (Lipinski definition) is 2. The fraction of sp³-hybridized carbons (Fsp3) is 0.429. The molecule has 0 saturated carbocycles. The molecule has 4 nitrogen and oxygen atoms in total. The van der Waals surface area contributed by atoms with Gasteiger partial charge < -0.3 is 15.8 Å². The minimum absolute atomic E-state index is 0.0951. The molecular weight excluding hydrogens is 260 g/mol. The van der Waals surface area contributed by atoms with Crippen LogP contribution in [0.4, 0.5) is 0 Å². The Morgan fingerprint density at radius 3 is 2.42 bits per heavy atom. The molecule has 5 heteroatoms. The lowest BCUT2D eigenvalue weighted by Crippen LogP contribution is -2.54. The molecule has 1 aromatic rings. The molecule has 0 saturated heterocycles. The van der Waals surface area contributed by atoms with Crippen LogP contribution in [0.2, 0.25) is 0 Å². The number of amides is 1. The van der Waals surface area contributed by atoms with Crippen molar-refractivity contribution < 1.29 is 9.53 Å². The average Bonchev–Trinajstić information content (AvgIpc) is 2.39. The monoisotopic (exact) mass is 280 g/mol. The molecule has 0 aliphatic carbocycles. The van der Waals surface area contributed by atoms with Crippen LogP contribution in [0, 0.1) is 0 Å². The molecule has 1 aromatic carbocycles. The van der Waals surface area contributed by atoms with Crippen molar-refractivity contribution in [1.82, 2.24) is 5.32 Å². The highest BCUT2D eigenvalue weighted by Crippen LogP contribution is 2.13. The van der Waals surface area contributed by atoms with E-state index in [1.165, 1.54) is 0 Å². The van der Waals surface area contributed by atoms with Crippen molar-refractivity contribution >= 4 is 23.1 Å². The van der Waals surface area contributed by atoms with Crippen LogP contribution in [0.15, 0.2) is 24.3 Å². The Labute approximate surface area is 119 Å². The highest BCUT2D eigenvalue weighted by molar-refractivity contribution is 7.80. The first-order chi connectivity index (χ1) is 8.91. The molecule has 1 unspecified atom stereocenters. The maximum atomic E-state index is 12.0. The third kappa shape index (κ3) is 4.21. The molecule has 3 N–H and O–H groups in total. The zero-order valence-corrected chi connectivity index (χ0v) is 12.3. The molecule has 0 bridgehead atoms. The molecule has 19 heavy (non-hydrogen) atoms. The fourth-order valence-corrected chi connectivity index (χ4v) is 1.80. The molecule has 0 aromatic heterocycles. The lowest BCUT2D eigenvalue weighted by molar-refractivity contribution is -0.121. The molecule has 1 amide bonds. The van der Waals surface area contributed by atoms with Crippen LogP contribution in [-0.2, 0) is 11.2 Å². The van der Waals surface area contributed by atoms with Crippen molar-refractivity contribution in [3.05, 3.63) is 29.8 Å². The summed E-state index contributed by atoms with van der Waals surface area (Å²) in [7, 11) is 1.61. The number of nitrogens with one attached hydrogen (secondary N) is 1. The zero-order chi connectivity index (χ0) is 14.5. The Kier molecular flexibility index (Phi) is 5.30. The first-order valence-electron chi connectivity index (χ1n) is 6.15. The minimum Gasteiger partial charge on any atom is -0.497 e. The molecule has 104 valence electrons. The van der Waals surface area contributed by atoms with E-state index in [0.717, 1.165) is 11.3 Å². The first-order valence-corrected chi connectivity index (χ1v) is 6.56. The summed E-state index contributed by atoms with van der Waals surface area (Å²) in [6.45, 7) is 3.77. The van der Waals surface area contributed by atoms with E-state index in [2.05, 4.69) is 5.32 Å². The molecular formula is C14H20N2O2S. The molecule has 0 aliphatic heterocycles. The van der Waals surface area contributed by atoms with E-state index in [4.69, 9.17) is 22.7 Å². The number of ether oxygens (including phenoxy) is 1. The number of carbonyl (C=O) groups is 1. The summed E-state index contributed by atoms with van der Waals surface area (Å²) in [6.07, 6.45) is 0.957. The van der Waals surface area contributed by atoms with Gasteiger partial charge in [-0.25, -0.2) is 0 Å². The van der Waals surface area contributed by atoms with Gasteiger partial charge in [0.15, 0.2) is 0 Å². The number of benzene rings is 1. The highest BCUT2D eigenvalue weighted by Gasteiger charge is 2.27. The van der Waals surface area contributed by atoms with Crippen LogP contribution in [0.5, 0.6) is 5.75 Å². The Balaban J connectivity index is 2.66. The summed E-state index contributed by atoms with van der Waals surface area (Å²) >= 11 is 4.99. The lowest BCUT2D eigenvalue weighted by Gasteiger charge is -2.28. The second-order valence-electron chi connectivity index (χ2n) is 4.62. The van der Waals surface area contributed by atoms with Crippen LogP contribution in [-0.4, -0.2) is 23.5 Å². The van der Waals surface area contributed by atoms with Gasteiger partial charge in [-0.05, 0) is 31.0 Å². The topological polar surface area (TPSA) is 64.3 Å². The Morgan fingerprint density at radius 1 is 1.42 bits per heavy atom. The number of rotatable bonds is 6. The van der Waals surface area contributed by atoms with Crippen molar-refractivity contribution in [2.75, 3.05) is 7.11 Å². The third-order valence-electron chi connectivity index (χ3n) is 3.19. The summed E-state index contributed by atoms with van der Waals surface area (Å²) in [5.74, 6) is 0.674. The molecule has 0 fully saturated rings. The van der Waals surface area contributed by atoms with Gasteiger partial charge in [-0.3, -0.25) is 4.79 Å². The van der Waals surface area contributed by atoms with Crippen LogP contribution >= 0.6 is 12.2 Å². The largest absolute Gasteiger partial charge is 0.497 e. The van der Waals surface area contributed by atoms with E-state index >= 15 is 0 Å². The fourth-order valence-electron chi connectivity index (χ4n) is 1.60. The van der Waals surface area contributed by atoms with E-state index in [1.54, 1.807) is 7.11 Å². The number of methoxy groups -OCH3 is 1. The van der Waals surface area contributed by atoms with E-state index < -0.39 is 5.54 Å². The SMILES string of the molecule is CCC(C)(NC(=O)Cc1ccc(OC)cc1)C(N)=S. The normalized spacial score (nSPS) is 13.4. The second kappa shape index (κ2) is 6.52. The number of hydrogen-bond acceptors (Lipinski definition) is 3. The Bertz CT molecular complexity index is 459. The molecule has 0 radical (unpaired) electrons. The van der Waals surface area contributed by atoms with Gasteiger partial charge in [-0.15, -0.1) is 0 Å². The average molecular weight is 280 g/mol. The van der Waals surface area contributed by atoms with Crippen molar-refractivity contribution in [3.63, 3.8) is 0 Å².